The van der Waals surface area contributed by atoms with Crippen LogP contribution in [0, 0.1) is 5.41 Å². The van der Waals surface area contributed by atoms with Gasteiger partial charge in [-0.05, 0) is 12.8 Å². The fourth-order valence-electron chi connectivity index (χ4n) is 2.15. The lowest BCUT2D eigenvalue weighted by atomic mass is 9.87. The quantitative estimate of drug-likeness (QED) is 0.640. The van der Waals surface area contributed by atoms with Crippen LogP contribution in [-0.2, 0) is 14.3 Å². The van der Waals surface area contributed by atoms with Gasteiger partial charge in [-0.3, -0.25) is 9.59 Å². The van der Waals surface area contributed by atoms with Gasteiger partial charge in [-0.1, -0.05) is 0 Å². The summed E-state index contributed by atoms with van der Waals surface area (Å²) in [5, 5.41) is 0. The van der Waals surface area contributed by atoms with Crippen LogP contribution in [-0.4, -0.2) is 43.0 Å². The molecule has 2 rings (SSSR count). The van der Waals surface area contributed by atoms with Crippen molar-refractivity contribution >= 4 is 11.9 Å². The van der Waals surface area contributed by atoms with Crippen molar-refractivity contribution in [3.05, 3.63) is 0 Å². The minimum Gasteiger partial charge on any atom is -0.468 e. The zero-order chi connectivity index (χ0) is 11.1. The van der Waals surface area contributed by atoms with Crippen molar-refractivity contribution in [3.8, 4) is 0 Å². The summed E-state index contributed by atoms with van der Waals surface area (Å²) < 4.78 is 4.73. The van der Waals surface area contributed by atoms with Crippen molar-refractivity contribution in [3.63, 3.8) is 0 Å². The number of nitrogens with two attached hydrogens (primary N) is 1. The molecule has 1 unspecified atom stereocenters. The molecule has 1 heterocycles. The summed E-state index contributed by atoms with van der Waals surface area (Å²) in [5.41, 5.74) is 4.81. The smallest absolute Gasteiger partial charge is 0.315 e. The molecule has 0 aromatic rings. The summed E-state index contributed by atoms with van der Waals surface area (Å²) in [6, 6.07) is 0.343. The lowest BCUT2D eigenvalue weighted by molar-refractivity contribution is -0.151. The Kier molecular flexibility index (Phi) is 2.42. The van der Waals surface area contributed by atoms with E-state index in [2.05, 4.69) is 0 Å². The molecule has 2 fully saturated rings. The second-order valence-corrected chi connectivity index (χ2v) is 4.41. The zero-order valence-electron chi connectivity index (χ0n) is 8.86. The highest BCUT2D eigenvalue weighted by atomic mass is 16.5. The van der Waals surface area contributed by atoms with Gasteiger partial charge in [0.25, 0.3) is 0 Å². The van der Waals surface area contributed by atoms with Crippen LogP contribution in [0.25, 0.3) is 0 Å². The van der Waals surface area contributed by atoms with Gasteiger partial charge >= 0.3 is 5.97 Å². The molecule has 0 radical (unpaired) electrons. The van der Waals surface area contributed by atoms with Gasteiger partial charge in [0, 0.05) is 25.6 Å². The fraction of sp³-hybridized carbons (Fsp3) is 0.800. The van der Waals surface area contributed by atoms with E-state index in [4.69, 9.17) is 10.5 Å². The molecule has 0 bridgehead atoms. The van der Waals surface area contributed by atoms with Crippen LogP contribution in [0.2, 0.25) is 0 Å². The Morgan fingerprint density at radius 3 is 2.80 bits per heavy atom. The number of ether oxygens (including phenoxy) is 1. The standard InChI is InChI=1S/C10H16N2O3/c1-15-9(14)10(5-11)4-8(13)12(6-10)7-2-3-7/h7H,2-6,11H2,1H3. The highest BCUT2D eigenvalue weighted by Crippen LogP contribution is 2.38. The molecule has 0 spiro atoms. The number of rotatable bonds is 3. The summed E-state index contributed by atoms with van der Waals surface area (Å²) >= 11 is 0. The second kappa shape index (κ2) is 3.48. The van der Waals surface area contributed by atoms with Crippen molar-refractivity contribution in [2.24, 2.45) is 11.1 Å². The normalized spacial score (nSPS) is 30.8. The van der Waals surface area contributed by atoms with E-state index in [1.165, 1.54) is 7.11 Å². The van der Waals surface area contributed by atoms with Crippen LogP contribution >= 0.6 is 0 Å². The van der Waals surface area contributed by atoms with E-state index in [0.29, 0.717) is 12.6 Å². The van der Waals surface area contributed by atoms with E-state index < -0.39 is 5.41 Å². The molecule has 1 aliphatic heterocycles. The average Bonchev–Trinajstić information content (AvgIpc) is 3.02. The molecule has 1 amide bonds. The molecule has 1 saturated heterocycles. The Balaban J connectivity index is 2.15. The Labute approximate surface area is 88.5 Å². The van der Waals surface area contributed by atoms with Crippen LogP contribution < -0.4 is 5.73 Å². The Hall–Kier alpha value is -1.10. The lowest BCUT2D eigenvalue weighted by Gasteiger charge is -2.23. The number of likely N-dealkylation sites (tertiary alicyclic amines) is 1. The molecule has 84 valence electrons. The largest absolute Gasteiger partial charge is 0.468 e. The number of esters is 1. The van der Waals surface area contributed by atoms with Gasteiger partial charge < -0.3 is 15.4 Å². The number of methoxy groups -OCH3 is 1. The van der Waals surface area contributed by atoms with Crippen molar-refractivity contribution in [1.82, 2.24) is 4.90 Å². The molecule has 5 heteroatoms. The van der Waals surface area contributed by atoms with Gasteiger partial charge in [0.2, 0.25) is 5.91 Å². The van der Waals surface area contributed by atoms with Crippen molar-refractivity contribution < 1.29 is 14.3 Å². The minimum absolute atomic E-state index is 0.0355. The molecular formula is C10H16N2O3. The number of hydrogen-bond donors (Lipinski definition) is 1. The van der Waals surface area contributed by atoms with Gasteiger partial charge in [0.15, 0.2) is 0 Å². The number of hydrogen-bond acceptors (Lipinski definition) is 4. The number of carbonyl (C=O) groups is 2. The first-order chi connectivity index (χ1) is 7.13. The Bertz CT molecular complexity index is 301. The number of amides is 1. The maximum atomic E-state index is 11.7. The molecule has 15 heavy (non-hydrogen) atoms. The van der Waals surface area contributed by atoms with Gasteiger partial charge in [0.05, 0.1) is 7.11 Å². The third-order valence-corrected chi connectivity index (χ3v) is 3.28. The predicted molar refractivity (Wildman–Crippen MR) is 52.9 cm³/mol. The third-order valence-electron chi connectivity index (χ3n) is 3.28. The van der Waals surface area contributed by atoms with Crippen LogP contribution in [0.5, 0.6) is 0 Å². The highest BCUT2D eigenvalue weighted by molar-refractivity contribution is 5.90. The van der Waals surface area contributed by atoms with Crippen LogP contribution in [0.4, 0.5) is 0 Å². The molecule has 5 nitrogen and oxygen atoms in total. The fourth-order valence-corrected chi connectivity index (χ4v) is 2.15. The second-order valence-electron chi connectivity index (χ2n) is 4.41. The van der Waals surface area contributed by atoms with E-state index in [1.54, 1.807) is 4.90 Å². The van der Waals surface area contributed by atoms with Crippen molar-refractivity contribution in [2.75, 3.05) is 20.2 Å². The molecule has 1 saturated carbocycles. The maximum Gasteiger partial charge on any atom is 0.315 e. The van der Waals surface area contributed by atoms with Crippen LogP contribution in [0.15, 0.2) is 0 Å². The van der Waals surface area contributed by atoms with E-state index in [1.807, 2.05) is 0 Å². The molecule has 2 N–H and O–H groups in total. The molecule has 0 aromatic carbocycles. The van der Waals surface area contributed by atoms with Gasteiger partial charge in [0.1, 0.15) is 5.41 Å². The predicted octanol–water partition coefficient (Wildman–Crippen LogP) is -0.501. The summed E-state index contributed by atoms with van der Waals surface area (Å²) in [4.78, 5) is 25.1. The molecular weight excluding hydrogens is 196 g/mol. The Morgan fingerprint density at radius 2 is 2.33 bits per heavy atom. The molecule has 0 aromatic heterocycles. The molecule has 1 atom stereocenters. The van der Waals surface area contributed by atoms with Gasteiger partial charge in [-0.25, -0.2) is 0 Å². The highest BCUT2D eigenvalue weighted by Gasteiger charge is 2.52. The van der Waals surface area contributed by atoms with E-state index in [9.17, 15) is 9.59 Å². The summed E-state index contributed by atoms with van der Waals surface area (Å²) in [6.45, 7) is 0.605. The van der Waals surface area contributed by atoms with Crippen LogP contribution in [0.3, 0.4) is 0 Å². The average molecular weight is 212 g/mol. The summed E-state index contributed by atoms with van der Waals surface area (Å²) in [6.07, 6.45) is 2.30. The first-order valence-electron chi connectivity index (χ1n) is 5.21. The first-order valence-corrected chi connectivity index (χ1v) is 5.21. The lowest BCUT2D eigenvalue weighted by Crippen LogP contribution is -2.42. The minimum atomic E-state index is -0.797. The van der Waals surface area contributed by atoms with Crippen molar-refractivity contribution in [1.29, 1.82) is 0 Å². The van der Waals surface area contributed by atoms with Crippen molar-refractivity contribution in [2.45, 2.75) is 25.3 Å². The summed E-state index contributed by atoms with van der Waals surface area (Å²) in [5.74, 6) is -0.324. The van der Waals surface area contributed by atoms with E-state index in [-0.39, 0.29) is 24.8 Å². The van der Waals surface area contributed by atoms with Gasteiger partial charge in [-0.2, -0.15) is 0 Å². The maximum absolute atomic E-state index is 11.7. The zero-order valence-corrected chi connectivity index (χ0v) is 8.86. The monoisotopic (exact) mass is 212 g/mol. The van der Waals surface area contributed by atoms with E-state index in [0.717, 1.165) is 12.8 Å². The molecule has 2 aliphatic rings. The third kappa shape index (κ3) is 1.61. The van der Waals surface area contributed by atoms with E-state index >= 15 is 0 Å². The topological polar surface area (TPSA) is 72.6 Å². The molecule has 1 aliphatic carbocycles. The number of carbonyl (C=O) groups excluding carboxylic acids is 2. The van der Waals surface area contributed by atoms with Crippen LogP contribution in [0.1, 0.15) is 19.3 Å². The Morgan fingerprint density at radius 1 is 1.67 bits per heavy atom. The SMILES string of the molecule is COC(=O)C1(CN)CC(=O)N(C2CC2)C1. The first kappa shape index (κ1) is 10.4. The number of nitrogens with zero attached hydrogens (tertiary/aromatic N) is 1. The van der Waals surface area contributed by atoms with Gasteiger partial charge in [-0.15, -0.1) is 0 Å². The summed E-state index contributed by atoms with van der Waals surface area (Å²) in [7, 11) is 1.34.